The molecular weight excluding hydrogens is 534 g/mol. The molecule has 0 aliphatic carbocycles. The Bertz CT molecular complexity index is 1580. The molecule has 5 rings (SSSR count). The van der Waals surface area contributed by atoms with Crippen LogP contribution in [0.15, 0.2) is 89.8 Å². The highest BCUT2D eigenvalue weighted by atomic mass is 32.2. The summed E-state index contributed by atoms with van der Waals surface area (Å²) in [5, 5.41) is 3.04. The van der Waals surface area contributed by atoms with E-state index in [2.05, 4.69) is 10.3 Å². The van der Waals surface area contributed by atoms with Crippen LogP contribution in [0.2, 0.25) is 0 Å². The Labute approximate surface area is 231 Å². The zero-order valence-electron chi connectivity index (χ0n) is 21.4. The summed E-state index contributed by atoms with van der Waals surface area (Å²) in [7, 11) is -3.72. The van der Waals surface area contributed by atoms with Gasteiger partial charge >= 0.3 is 0 Å². The second-order valence-corrected chi connectivity index (χ2v) is 12.3. The third-order valence-corrected chi connectivity index (χ3v) is 9.09. The second kappa shape index (κ2) is 11.2. The molecule has 1 aliphatic rings. The quantitative estimate of drug-likeness (QED) is 0.315. The first kappa shape index (κ1) is 26.9. The van der Waals surface area contributed by atoms with Crippen molar-refractivity contribution in [3.05, 3.63) is 101 Å². The van der Waals surface area contributed by atoms with Crippen LogP contribution in [0.5, 0.6) is 0 Å². The van der Waals surface area contributed by atoms with Crippen molar-refractivity contribution in [1.29, 1.82) is 0 Å². The number of ketones is 1. The summed E-state index contributed by atoms with van der Waals surface area (Å²) in [5.41, 5.74) is 2.04. The lowest BCUT2D eigenvalue weighted by molar-refractivity contribution is -0.0440. The fourth-order valence-corrected chi connectivity index (χ4v) is 7.00. The number of hydrogen-bond donors (Lipinski definition) is 1. The van der Waals surface area contributed by atoms with E-state index in [1.54, 1.807) is 24.3 Å². The van der Waals surface area contributed by atoms with Gasteiger partial charge in [0, 0.05) is 29.8 Å². The van der Waals surface area contributed by atoms with Crippen molar-refractivity contribution in [3.8, 4) is 11.3 Å². The van der Waals surface area contributed by atoms with Crippen LogP contribution >= 0.6 is 11.3 Å². The summed E-state index contributed by atoms with van der Waals surface area (Å²) in [6.45, 7) is 4.22. The third kappa shape index (κ3) is 5.84. The SMILES string of the molecule is CC1CN(S(=O)(=O)c2ccc(C(=O)Nc3nc(-c4ccccc4)c(C(=O)c4ccccc4)s3)cc2)CC(C)O1. The van der Waals surface area contributed by atoms with E-state index in [1.165, 1.54) is 28.6 Å². The Morgan fingerprint density at radius 3 is 2.08 bits per heavy atom. The van der Waals surface area contributed by atoms with Gasteiger partial charge in [0.25, 0.3) is 5.91 Å². The van der Waals surface area contributed by atoms with Gasteiger partial charge in [-0.3, -0.25) is 14.9 Å². The number of carbonyl (C=O) groups is 2. The van der Waals surface area contributed by atoms with Gasteiger partial charge < -0.3 is 4.74 Å². The van der Waals surface area contributed by atoms with Gasteiger partial charge in [0.15, 0.2) is 5.13 Å². The van der Waals surface area contributed by atoms with E-state index >= 15 is 0 Å². The first-order valence-electron chi connectivity index (χ1n) is 12.5. The standard InChI is InChI=1S/C29H27N3O5S2/c1-19-17-32(18-20(2)37-19)39(35,36)24-15-13-23(14-16-24)28(34)31-29-30-25(21-9-5-3-6-10-21)27(38-29)26(33)22-11-7-4-8-12-22/h3-16,19-20H,17-18H2,1-2H3,(H,30,31,34). The normalized spacial score (nSPS) is 18.0. The smallest absolute Gasteiger partial charge is 0.257 e. The highest BCUT2D eigenvalue weighted by Gasteiger charge is 2.32. The van der Waals surface area contributed by atoms with Gasteiger partial charge in [-0.15, -0.1) is 0 Å². The molecule has 0 bridgehead atoms. The number of rotatable bonds is 7. The highest BCUT2D eigenvalue weighted by Crippen LogP contribution is 2.33. The molecule has 4 aromatic rings. The van der Waals surface area contributed by atoms with Crippen LogP contribution in [-0.2, 0) is 14.8 Å². The molecule has 3 aromatic carbocycles. The van der Waals surface area contributed by atoms with Gasteiger partial charge in [0.1, 0.15) is 4.88 Å². The largest absolute Gasteiger partial charge is 0.373 e. The molecular formula is C29H27N3O5S2. The van der Waals surface area contributed by atoms with Crippen molar-refractivity contribution in [3.63, 3.8) is 0 Å². The van der Waals surface area contributed by atoms with E-state index in [9.17, 15) is 18.0 Å². The molecule has 2 unspecified atom stereocenters. The number of hydrogen-bond acceptors (Lipinski definition) is 7. The van der Waals surface area contributed by atoms with Gasteiger partial charge in [0.05, 0.1) is 22.8 Å². The molecule has 2 heterocycles. The molecule has 1 N–H and O–H groups in total. The molecule has 2 atom stereocenters. The Balaban J connectivity index is 1.38. The lowest BCUT2D eigenvalue weighted by atomic mass is 10.1. The number of carbonyl (C=O) groups excluding carboxylic acids is 2. The summed E-state index contributed by atoms with van der Waals surface area (Å²) in [4.78, 5) is 31.5. The summed E-state index contributed by atoms with van der Waals surface area (Å²) in [6, 6.07) is 24.0. The van der Waals surface area contributed by atoms with E-state index in [0.29, 0.717) is 16.1 Å². The predicted molar refractivity (Wildman–Crippen MR) is 151 cm³/mol. The fraction of sp³-hybridized carbons (Fsp3) is 0.207. The molecule has 8 nitrogen and oxygen atoms in total. The van der Waals surface area contributed by atoms with Crippen molar-refractivity contribution >= 4 is 38.2 Å². The maximum atomic E-state index is 13.3. The number of nitrogens with zero attached hydrogens (tertiary/aromatic N) is 2. The van der Waals surface area contributed by atoms with Gasteiger partial charge in [-0.1, -0.05) is 72.0 Å². The molecule has 1 fully saturated rings. The number of nitrogens with one attached hydrogen (secondary N) is 1. The van der Waals surface area contributed by atoms with Crippen molar-refractivity contribution < 1.29 is 22.7 Å². The predicted octanol–water partition coefficient (Wildman–Crippen LogP) is 5.09. The average molecular weight is 562 g/mol. The Kier molecular flexibility index (Phi) is 7.72. The molecule has 200 valence electrons. The van der Waals surface area contributed by atoms with Gasteiger partial charge in [-0.05, 0) is 38.1 Å². The number of anilines is 1. The second-order valence-electron chi connectivity index (χ2n) is 9.32. The van der Waals surface area contributed by atoms with E-state index in [1.807, 2.05) is 50.2 Å². The first-order valence-corrected chi connectivity index (χ1v) is 14.7. The Hall–Kier alpha value is -3.70. The van der Waals surface area contributed by atoms with E-state index in [0.717, 1.165) is 16.9 Å². The number of aromatic nitrogens is 1. The number of benzene rings is 3. The van der Waals surface area contributed by atoms with Gasteiger partial charge in [-0.2, -0.15) is 4.31 Å². The van der Waals surface area contributed by atoms with Crippen LogP contribution in [0.1, 0.15) is 39.4 Å². The monoisotopic (exact) mass is 561 g/mol. The maximum Gasteiger partial charge on any atom is 0.257 e. The zero-order valence-corrected chi connectivity index (χ0v) is 23.0. The average Bonchev–Trinajstić information content (AvgIpc) is 3.37. The van der Waals surface area contributed by atoms with E-state index in [-0.39, 0.29) is 46.7 Å². The van der Waals surface area contributed by atoms with Crippen LogP contribution in [0.25, 0.3) is 11.3 Å². The number of ether oxygens (including phenoxy) is 1. The minimum absolute atomic E-state index is 0.108. The molecule has 0 spiro atoms. The minimum atomic E-state index is -3.72. The number of morpholine rings is 1. The molecule has 1 amide bonds. The third-order valence-electron chi connectivity index (χ3n) is 6.28. The summed E-state index contributed by atoms with van der Waals surface area (Å²) < 4.78 is 33.3. The highest BCUT2D eigenvalue weighted by molar-refractivity contribution is 7.89. The van der Waals surface area contributed by atoms with Crippen LogP contribution in [-0.4, -0.2) is 54.7 Å². The van der Waals surface area contributed by atoms with Crippen LogP contribution in [0.3, 0.4) is 0 Å². The molecule has 39 heavy (non-hydrogen) atoms. The van der Waals surface area contributed by atoms with Crippen LogP contribution in [0, 0.1) is 0 Å². The number of sulfonamides is 1. The minimum Gasteiger partial charge on any atom is -0.373 e. The van der Waals surface area contributed by atoms with Crippen LogP contribution < -0.4 is 5.32 Å². The fourth-order valence-electron chi connectivity index (χ4n) is 4.46. The molecule has 1 aliphatic heterocycles. The summed E-state index contributed by atoms with van der Waals surface area (Å²) in [6.07, 6.45) is -0.405. The number of amides is 1. The molecule has 0 saturated carbocycles. The Morgan fingerprint density at radius 2 is 1.46 bits per heavy atom. The molecule has 1 saturated heterocycles. The van der Waals surface area contributed by atoms with Crippen molar-refractivity contribution in [1.82, 2.24) is 9.29 Å². The maximum absolute atomic E-state index is 13.3. The summed E-state index contributed by atoms with van der Waals surface area (Å²) >= 11 is 1.10. The van der Waals surface area contributed by atoms with Gasteiger partial charge in [-0.25, -0.2) is 13.4 Å². The summed E-state index contributed by atoms with van der Waals surface area (Å²) in [5.74, 6) is -0.645. The number of thiazole rings is 1. The first-order chi connectivity index (χ1) is 18.7. The lowest BCUT2D eigenvalue weighted by Gasteiger charge is -2.34. The van der Waals surface area contributed by atoms with Gasteiger partial charge in [0.2, 0.25) is 15.8 Å². The Morgan fingerprint density at radius 1 is 0.872 bits per heavy atom. The van der Waals surface area contributed by atoms with E-state index < -0.39 is 15.9 Å². The van der Waals surface area contributed by atoms with Crippen molar-refractivity contribution in [2.75, 3.05) is 18.4 Å². The molecule has 0 radical (unpaired) electrons. The van der Waals surface area contributed by atoms with Crippen molar-refractivity contribution in [2.45, 2.75) is 31.0 Å². The lowest BCUT2D eigenvalue weighted by Crippen LogP contribution is -2.48. The van der Waals surface area contributed by atoms with Crippen molar-refractivity contribution in [2.24, 2.45) is 0 Å². The molecule has 1 aromatic heterocycles. The zero-order chi connectivity index (χ0) is 27.6. The van der Waals surface area contributed by atoms with Crippen LogP contribution in [0.4, 0.5) is 5.13 Å². The topological polar surface area (TPSA) is 106 Å². The van der Waals surface area contributed by atoms with E-state index in [4.69, 9.17) is 4.74 Å². The molecule has 10 heteroatoms.